The summed E-state index contributed by atoms with van der Waals surface area (Å²) in [5.74, 6) is 0.0889. The molecule has 110 valence electrons. The summed E-state index contributed by atoms with van der Waals surface area (Å²) < 4.78 is 0. The van der Waals surface area contributed by atoms with Crippen LogP contribution in [0.4, 0.5) is 0 Å². The fraction of sp³-hybridized carbons (Fsp3) is 0.375. The maximum Gasteiger partial charge on any atom is 0.248 e. The summed E-state index contributed by atoms with van der Waals surface area (Å²) in [6.07, 6.45) is 0.827. The number of para-hydroxylation sites is 1. The summed E-state index contributed by atoms with van der Waals surface area (Å²) in [4.78, 5) is 28.7. The lowest BCUT2D eigenvalue weighted by Gasteiger charge is -2.25. The van der Waals surface area contributed by atoms with Crippen LogP contribution in [-0.4, -0.2) is 34.9 Å². The number of rotatable bonds is 4. The highest BCUT2D eigenvalue weighted by Crippen LogP contribution is 2.19. The molecule has 1 aliphatic rings. The molecule has 0 bridgehead atoms. The molecule has 5 heteroatoms. The minimum absolute atomic E-state index is 0.0889. The van der Waals surface area contributed by atoms with Crippen molar-refractivity contribution < 1.29 is 4.79 Å². The van der Waals surface area contributed by atoms with Crippen LogP contribution >= 0.6 is 0 Å². The minimum Gasteiger partial charge on any atom is -0.355 e. The van der Waals surface area contributed by atoms with Crippen LogP contribution in [0.5, 0.6) is 0 Å². The molecule has 0 saturated carbocycles. The maximum absolute atomic E-state index is 11.9. The second kappa shape index (κ2) is 5.69. The first-order valence-corrected chi connectivity index (χ1v) is 7.31. The van der Waals surface area contributed by atoms with Crippen molar-refractivity contribution in [1.29, 1.82) is 0 Å². The third-order valence-electron chi connectivity index (χ3n) is 4.08. The normalized spacial score (nSPS) is 18.4. The molecule has 3 rings (SSSR count). The molecule has 2 aromatic rings. The molecule has 2 heterocycles. The molecule has 0 aliphatic carbocycles. The van der Waals surface area contributed by atoms with Gasteiger partial charge in [-0.25, -0.2) is 0 Å². The van der Waals surface area contributed by atoms with Gasteiger partial charge in [0.25, 0.3) is 0 Å². The Morgan fingerprint density at radius 2 is 2.10 bits per heavy atom. The number of amides is 1. The van der Waals surface area contributed by atoms with Crippen LogP contribution in [-0.2, 0) is 11.3 Å². The standard InChI is InChI=1S/C16H19N3O2/c1-2-19(14-7-8-17-16(14)21)10-11-9-15(20)18-13-6-4-3-5-12(11)13/h3-6,9,14H,2,7-8,10H2,1H3,(H,17,21)(H,18,20). The van der Waals surface area contributed by atoms with Gasteiger partial charge in [-0.15, -0.1) is 0 Å². The number of fused-ring (bicyclic) bond motifs is 1. The molecule has 1 aromatic heterocycles. The average molecular weight is 285 g/mol. The SMILES string of the molecule is CCN(Cc1cc(=O)[nH]c2ccccc12)C1CCNC1=O. The Hall–Kier alpha value is -2.14. The number of benzene rings is 1. The summed E-state index contributed by atoms with van der Waals surface area (Å²) in [5.41, 5.74) is 1.71. The number of aromatic nitrogens is 1. The van der Waals surface area contributed by atoms with Gasteiger partial charge < -0.3 is 10.3 Å². The molecule has 1 saturated heterocycles. The molecular formula is C16H19N3O2. The summed E-state index contributed by atoms with van der Waals surface area (Å²) in [6, 6.07) is 9.32. The van der Waals surface area contributed by atoms with E-state index in [1.807, 2.05) is 31.2 Å². The summed E-state index contributed by atoms with van der Waals surface area (Å²) in [5, 5.41) is 3.91. The quantitative estimate of drug-likeness (QED) is 0.888. The molecule has 1 aliphatic heterocycles. The van der Waals surface area contributed by atoms with Crippen molar-refractivity contribution in [2.75, 3.05) is 13.1 Å². The van der Waals surface area contributed by atoms with Gasteiger partial charge in [-0.1, -0.05) is 25.1 Å². The number of hydrogen-bond acceptors (Lipinski definition) is 3. The van der Waals surface area contributed by atoms with Gasteiger partial charge in [0.15, 0.2) is 0 Å². The van der Waals surface area contributed by atoms with E-state index in [4.69, 9.17) is 0 Å². The van der Waals surface area contributed by atoms with E-state index in [0.29, 0.717) is 6.54 Å². The van der Waals surface area contributed by atoms with Crippen LogP contribution in [0.15, 0.2) is 35.1 Å². The molecule has 1 aromatic carbocycles. The van der Waals surface area contributed by atoms with Crippen molar-refractivity contribution in [3.05, 3.63) is 46.2 Å². The first-order valence-electron chi connectivity index (χ1n) is 7.31. The van der Waals surface area contributed by atoms with Gasteiger partial charge in [0, 0.05) is 30.1 Å². The van der Waals surface area contributed by atoms with Crippen LogP contribution in [0.1, 0.15) is 18.9 Å². The van der Waals surface area contributed by atoms with E-state index in [1.165, 1.54) is 0 Å². The number of nitrogens with zero attached hydrogens (tertiary/aromatic N) is 1. The first kappa shape index (κ1) is 13.8. The lowest BCUT2D eigenvalue weighted by atomic mass is 10.1. The Morgan fingerprint density at radius 1 is 1.29 bits per heavy atom. The van der Waals surface area contributed by atoms with Crippen molar-refractivity contribution in [2.45, 2.75) is 25.9 Å². The third-order valence-corrected chi connectivity index (χ3v) is 4.08. The van der Waals surface area contributed by atoms with Crippen LogP contribution < -0.4 is 10.9 Å². The summed E-state index contributed by atoms with van der Waals surface area (Å²) in [6.45, 7) is 4.16. The van der Waals surface area contributed by atoms with Gasteiger partial charge in [-0.05, 0) is 24.6 Å². The molecule has 1 unspecified atom stereocenters. The number of carbonyl (C=O) groups is 1. The molecule has 1 atom stereocenters. The molecule has 1 fully saturated rings. The molecule has 21 heavy (non-hydrogen) atoms. The highest BCUT2D eigenvalue weighted by Gasteiger charge is 2.29. The zero-order valence-corrected chi connectivity index (χ0v) is 12.1. The highest BCUT2D eigenvalue weighted by atomic mass is 16.2. The first-order chi connectivity index (χ1) is 10.2. The largest absolute Gasteiger partial charge is 0.355 e. The Kier molecular flexibility index (Phi) is 3.75. The molecular weight excluding hydrogens is 266 g/mol. The lowest BCUT2D eigenvalue weighted by Crippen LogP contribution is -2.40. The van der Waals surface area contributed by atoms with Crippen LogP contribution in [0.3, 0.4) is 0 Å². The fourth-order valence-electron chi connectivity index (χ4n) is 3.00. The van der Waals surface area contributed by atoms with Crippen molar-refractivity contribution in [3.8, 4) is 0 Å². The minimum atomic E-state index is -0.101. The Balaban J connectivity index is 1.96. The molecule has 1 amide bonds. The van der Waals surface area contributed by atoms with Crippen LogP contribution in [0.25, 0.3) is 10.9 Å². The van der Waals surface area contributed by atoms with Gasteiger partial charge >= 0.3 is 0 Å². The molecule has 0 radical (unpaired) electrons. The Labute approximate surface area is 123 Å². The number of H-pyrrole nitrogens is 1. The number of aromatic amines is 1. The van der Waals surface area contributed by atoms with Crippen molar-refractivity contribution in [3.63, 3.8) is 0 Å². The van der Waals surface area contributed by atoms with Crippen LogP contribution in [0.2, 0.25) is 0 Å². The van der Waals surface area contributed by atoms with Crippen molar-refractivity contribution >= 4 is 16.8 Å². The van der Waals surface area contributed by atoms with E-state index in [2.05, 4.69) is 15.2 Å². The lowest BCUT2D eigenvalue weighted by molar-refractivity contribution is -0.123. The van der Waals surface area contributed by atoms with E-state index in [-0.39, 0.29) is 17.5 Å². The summed E-state index contributed by atoms with van der Waals surface area (Å²) >= 11 is 0. The topological polar surface area (TPSA) is 65.2 Å². The molecule has 2 N–H and O–H groups in total. The van der Waals surface area contributed by atoms with Gasteiger partial charge in [0.05, 0.1) is 6.04 Å². The van der Waals surface area contributed by atoms with Gasteiger partial charge in [0.1, 0.15) is 0 Å². The Morgan fingerprint density at radius 3 is 2.81 bits per heavy atom. The monoisotopic (exact) mass is 285 g/mol. The third kappa shape index (κ3) is 2.69. The zero-order valence-electron chi connectivity index (χ0n) is 12.1. The van der Waals surface area contributed by atoms with E-state index in [1.54, 1.807) is 6.07 Å². The van der Waals surface area contributed by atoms with Crippen LogP contribution in [0, 0.1) is 0 Å². The summed E-state index contributed by atoms with van der Waals surface area (Å²) in [7, 11) is 0. The van der Waals surface area contributed by atoms with Gasteiger partial charge in [-0.3, -0.25) is 14.5 Å². The van der Waals surface area contributed by atoms with E-state index in [0.717, 1.165) is 36.0 Å². The Bertz CT molecular complexity index is 723. The van der Waals surface area contributed by atoms with Crippen molar-refractivity contribution in [1.82, 2.24) is 15.2 Å². The number of pyridine rings is 1. The van der Waals surface area contributed by atoms with Crippen molar-refractivity contribution in [2.24, 2.45) is 0 Å². The maximum atomic E-state index is 11.9. The van der Waals surface area contributed by atoms with E-state index in [9.17, 15) is 9.59 Å². The molecule has 0 spiro atoms. The predicted octanol–water partition coefficient (Wildman–Crippen LogP) is 1.24. The van der Waals surface area contributed by atoms with E-state index >= 15 is 0 Å². The fourth-order valence-corrected chi connectivity index (χ4v) is 3.00. The number of hydrogen-bond donors (Lipinski definition) is 2. The zero-order chi connectivity index (χ0) is 14.8. The van der Waals surface area contributed by atoms with Gasteiger partial charge in [-0.2, -0.15) is 0 Å². The smallest absolute Gasteiger partial charge is 0.248 e. The predicted molar refractivity (Wildman–Crippen MR) is 82.1 cm³/mol. The number of likely N-dealkylation sites (N-methyl/N-ethyl adjacent to an activating group) is 1. The second-order valence-corrected chi connectivity index (χ2v) is 5.36. The second-order valence-electron chi connectivity index (χ2n) is 5.36. The highest BCUT2D eigenvalue weighted by molar-refractivity contribution is 5.84. The molecule has 5 nitrogen and oxygen atoms in total. The van der Waals surface area contributed by atoms with E-state index < -0.39 is 0 Å². The number of nitrogens with one attached hydrogen (secondary N) is 2. The average Bonchev–Trinajstić information content (AvgIpc) is 2.90. The number of carbonyl (C=O) groups excluding carboxylic acids is 1. The van der Waals surface area contributed by atoms with Gasteiger partial charge in [0.2, 0.25) is 11.5 Å².